The van der Waals surface area contributed by atoms with Crippen molar-refractivity contribution in [2.24, 2.45) is 11.8 Å². The summed E-state index contributed by atoms with van der Waals surface area (Å²) >= 11 is 1.62. The van der Waals surface area contributed by atoms with Crippen LogP contribution in [-0.2, 0) is 4.79 Å². The minimum atomic E-state index is -0.820. The van der Waals surface area contributed by atoms with Gasteiger partial charge in [-0.3, -0.25) is 9.59 Å². The summed E-state index contributed by atoms with van der Waals surface area (Å²) in [6.45, 7) is 4.50. The van der Waals surface area contributed by atoms with Crippen LogP contribution in [0.15, 0.2) is 29.2 Å². The predicted molar refractivity (Wildman–Crippen MR) is 85.8 cm³/mol. The van der Waals surface area contributed by atoms with E-state index in [0.29, 0.717) is 18.0 Å². The van der Waals surface area contributed by atoms with Gasteiger partial charge in [0.25, 0.3) is 5.91 Å². The summed E-state index contributed by atoms with van der Waals surface area (Å²) < 4.78 is 0. The summed E-state index contributed by atoms with van der Waals surface area (Å²) in [6.07, 6.45) is 2.86. The molecule has 1 unspecified atom stereocenters. The van der Waals surface area contributed by atoms with Gasteiger partial charge in [-0.05, 0) is 48.8 Å². The van der Waals surface area contributed by atoms with Crippen LogP contribution in [0.5, 0.6) is 0 Å². The molecule has 0 saturated carbocycles. The third-order valence-corrected chi connectivity index (χ3v) is 3.92. The van der Waals surface area contributed by atoms with Gasteiger partial charge in [0.1, 0.15) is 0 Å². The van der Waals surface area contributed by atoms with Gasteiger partial charge in [-0.15, -0.1) is 11.8 Å². The van der Waals surface area contributed by atoms with Crippen LogP contribution in [-0.4, -0.2) is 29.8 Å². The van der Waals surface area contributed by atoms with Crippen LogP contribution >= 0.6 is 11.8 Å². The Labute approximate surface area is 130 Å². The second-order valence-corrected chi connectivity index (χ2v) is 6.41. The molecule has 0 aliphatic heterocycles. The summed E-state index contributed by atoms with van der Waals surface area (Å²) in [5.74, 6) is -0.593. The first-order chi connectivity index (χ1) is 9.92. The third-order valence-electron chi connectivity index (χ3n) is 3.17. The molecule has 1 atom stereocenters. The van der Waals surface area contributed by atoms with Crippen molar-refractivity contribution in [1.29, 1.82) is 0 Å². The van der Waals surface area contributed by atoms with Crippen LogP contribution in [0.1, 0.15) is 37.0 Å². The van der Waals surface area contributed by atoms with E-state index in [9.17, 15) is 9.59 Å². The van der Waals surface area contributed by atoms with E-state index in [-0.39, 0.29) is 18.2 Å². The topological polar surface area (TPSA) is 66.4 Å². The van der Waals surface area contributed by atoms with Crippen molar-refractivity contribution in [2.75, 3.05) is 12.8 Å². The highest BCUT2D eigenvalue weighted by atomic mass is 32.2. The van der Waals surface area contributed by atoms with E-state index in [2.05, 4.69) is 19.2 Å². The fourth-order valence-corrected chi connectivity index (χ4v) is 2.64. The number of carbonyl (C=O) groups excluding carboxylic acids is 1. The molecule has 0 bridgehead atoms. The van der Waals surface area contributed by atoms with Gasteiger partial charge in [-0.2, -0.15) is 0 Å². The zero-order chi connectivity index (χ0) is 15.8. The Morgan fingerprint density at radius 3 is 2.33 bits per heavy atom. The van der Waals surface area contributed by atoms with Crippen LogP contribution in [0.2, 0.25) is 0 Å². The highest BCUT2D eigenvalue weighted by molar-refractivity contribution is 7.98. The molecule has 0 aliphatic carbocycles. The van der Waals surface area contributed by atoms with Crippen LogP contribution in [0.4, 0.5) is 0 Å². The number of carboxylic acid groups (broad SMARTS) is 1. The van der Waals surface area contributed by atoms with E-state index in [1.54, 1.807) is 23.9 Å². The van der Waals surface area contributed by atoms with Crippen molar-refractivity contribution in [3.63, 3.8) is 0 Å². The van der Waals surface area contributed by atoms with Gasteiger partial charge in [0.2, 0.25) is 0 Å². The molecule has 5 heteroatoms. The quantitative estimate of drug-likeness (QED) is 0.723. The number of thioether (sulfide) groups is 1. The third kappa shape index (κ3) is 6.67. The second kappa shape index (κ2) is 8.72. The normalized spacial score (nSPS) is 12.2. The number of benzene rings is 1. The molecule has 0 aromatic heterocycles. The van der Waals surface area contributed by atoms with Gasteiger partial charge in [-0.1, -0.05) is 13.8 Å². The van der Waals surface area contributed by atoms with Crippen molar-refractivity contribution in [3.05, 3.63) is 29.8 Å². The predicted octanol–water partition coefficient (Wildman–Crippen LogP) is 3.28. The molecule has 2 N–H and O–H groups in total. The van der Waals surface area contributed by atoms with E-state index in [0.717, 1.165) is 11.3 Å². The van der Waals surface area contributed by atoms with Gasteiger partial charge in [0.15, 0.2) is 0 Å². The Balaban J connectivity index is 2.56. The number of aliphatic carboxylic acids is 1. The maximum Gasteiger partial charge on any atom is 0.303 e. The number of amides is 1. The van der Waals surface area contributed by atoms with Crippen LogP contribution in [0, 0.1) is 11.8 Å². The lowest BCUT2D eigenvalue weighted by atomic mass is 9.94. The lowest BCUT2D eigenvalue weighted by Crippen LogP contribution is -2.31. The maximum atomic E-state index is 12.1. The Hall–Kier alpha value is -1.49. The molecule has 0 heterocycles. The molecule has 1 aromatic rings. The Kier molecular flexibility index (Phi) is 7.29. The molecule has 21 heavy (non-hydrogen) atoms. The first kappa shape index (κ1) is 17.6. The number of carboxylic acids is 1. The van der Waals surface area contributed by atoms with Crippen LogP contribution < -0.4 is 5.32 Å². The fourth-order valence-electron chi connectivity index (χ4n) is 2.23. The second-order valence-electron chi connectivity index (χ2n) is 5.53. The van der Waals surface area contributed by atoms with Crippen molar-refractivity contribution < 1.29 is 14.7 Å². The summed E-state index contributed by atoms with van der Waals surface area (Å²) in [5, 5.41) is 11.8. The Morgan fingerprint density at radius 1 is 1.24 bits per heavy atom. The van der Waals surface area contributed by atoms with E-state index in [1.807, 2.05) is 18.4 Å². The smallest absolute Gasteiger partial charge is 0.303 e. The van der Waals surface area contributed by atoms with E-state index < -0.39 is 5.97 Å². The van der Waals surface area contributed by atoms with Crippen molar-refractivity contribution in [1.82, 2.24) is 5.32 Å². The molecule has 1 amide bonds. The van der Waals surface area contributed by atoms with E-state index >= 15 is 0 Å². The average Bonchev–Trinajstić information content (AvgIpc) is 2.43. The number of hydrogen-bond donors (Lipinski definition) is 2. The van der Waals surface area contributed by atoms with Gasteiger partial charge in [0, 0.05) is 23.4 Å². The lowest BCUT2D eigenvalue weighted by Gasteiger charge is -2.17. The summed E-state index contributed by atoms with van der Waals surface area (Å²) in [6, 6.07) is 7.39. The van der Waals surface area contributed by atoms with Gasteiger partial charge < -0.3 is 10.4 Å². The monoisotopic (exact) mass is 309 g/mol. The standard InChI is InChI=1S/C16H23NO3S/c1-11(2)8-12(9-15(18)19)10-17-16(20)13-4-6-14(21-3)7-5-13/h4-7,11-12H,8-10H2,1-3H3,(H,17,20)(H,18,19). The molecule has 1 rings (SSSR count). The van der Waals surface area contributed by atoms with Crippen LogP contribution in [0.25, 0.3) is 0 Å². The maximum absolute atomic E-state index is 12.1. The van der Waals surface area contributed by atoms with Crippen molar-refractivity contribution in [3.8, 4) is 0 Å². The molecule has 4 nitrogen and oxygen atoms in total. The summed E-state index contributed by atoms with van der Waals surface area (Å²) in [7, 11) is 0. The molecule has 0 fully saturated rings. The van der Waals surface area contributed by atoms with Gasteiger partial charge >= 0.3 is 5.97 Å². The van der Waals surface area contributed by atoms with Gasteiger partial charge in [0.05, 0.1) is 0 Å². The number of hydrogen-bond acceptors (Lipinski definition) is 3. The molecule has 116 valence electrons. The summed E-state index contributed by atoms with van der Waals surface area (Å²) in [4.78, 5) is 24.0. The number of nitrogens with one attached hydrogen (secondary N) is 1. The van der Waals surface area contributed by atoms with E-state index in [4.69, 9.17) is 5.11 Å². The van der Waals surface area contributed by atoms with Crippen molar-refractivity contribution in [2.45, 2.75) is 31.6 Å². The SMILES string of the molecule is CSc1ccc(C(=O)NCC(CC(=O)O)CC(C)C)cc1. The molecule has 0 radical (unpaired) electrons. The zero-order valence-corrected chi connectivity index (χ0v) is 13.6. The minimum Gasteiger partial charge on any atom is -0.481 e. The van der Waals surface area contributed by atoms with E-state index in [1.165, 1.54) is 0 Å². The molecular weight excluding hydrogens is 286 g/mol. The van der Waals surface area contributed by atoms with Gasteiger partial charge in [-0.25, -0.2) is 0 Å². The first-order valence-corrected chi connectivity index (χ1v) is 8.29. The first-order valence-electron chi connectivity index (χ1n) is 7.06. The summed E-state index contributed by atoms with van der Waals surface area (Å²) in [5.41, 5.74) is 0.603. The molecular formula is C16H23NO3S. The molecule has 0 saturated heterocycles. The molecule has 0 spiro atoms. The molecule has 0 aliphatic rings. The zero-order valence-electron chi connectivity index (χ0n) is 12.8. The number of rotatable bonds is 8. The highest BCUT2D eigenvalue weighted by Crippen LogP contribution is 2.16. The largest absolute Gasteiger partial charge is 0.481 e. The molecule has 1 aromatic carbocycles. The Bertz CT molecular complexity index is 471. The van der Waals surface area contributed by atoms with Crippen LogP contribution in [0.3, 0.4) is 0 Å². The Morgan fingerprint density at radius 2 is 1.86 bits per heavy atom. The highest BCUT2D eigenvalue weighted by Gasteiger charge is 2.16. The minimum absolute atomic E-state index is 0.0306. The average molecular weight is 309 g/mol. The number of carbonyl (C=O) groups is 2. The lowest BCUT2D eigenvalue weighted by molar-refractivity contribution is -0.138. The van der Waals surface area contributed by atoms with Crippen molar-refractivity contribution >= 4 is 23.6 Å². The fraction of sp³-hybridized carbons (Fsp3) is 0.500.